The van der Waals surface area contributed by atoms with E-state index in [4.69, 9.17) is 23.2 Å². The van der Waals surface area contributed by atoms with E-state index in [1.54, 1.807) is 18.5 Å². The lowest BCUT2D eigenvalue weighted by Crippen LogP contribution is -2.43. The van der Waals surface area contributed by atoms with Gasteiger partial charge in [0.25, 0.3) is 0 Å². The Kier molecular flexibility index (Phi) is 3.26. The van der Waals surface area contributed by atoms with Crippen molar-refractivity contribution in [3.8, 4) is 0 Å². The van der Waals surface area contributed by atoms with E-state index in [0.29, 0.717) is 5.92 Å². The molecule has 0 atom stereocenters. The lowest BCUT2D eigenvalue weighted by atomic mass is 9.58. The van der Waals surface area contributed by atoms with Crippen molar-refractivity contribution < 1.29 is 4.39 Å². The van der Waals surface area contributed by atoms with Gasteiger partial charge in [0.05, 0.1) is 15.5 Å². The molecule has 0 bridgehead atoms. The summed E-state index contributed by atoms with van der Waals surface area (Å²) in [6.45, 7) is 2.18. The molecule has 0 aliphatic heterocycles. The van der Waals surface area contributed by atoms with Gasteiger partial charge in [0.15, 0.2) is 5.82 Å². The Hall–Kier alpha value is -1.13. The second kappa shape index (κ2) is 4.71. The van der Waals surface area contributed by atoms with Gasteiger partial charge in [-0.25, -0.2) is 4.39 Å². The molecule has 1 aromatic heterocycles. The highest BCUT2D eigenvalue weighted by Crippen LogP contribution is 2.52. The van der Waals surface area contributed by atoms with E-state index < -0.39 is 5.82 Å². The van der Waals surface area contributed by atoms with Crippen molar-refractivity contribution in [2.45, 2.75) is 25.2 Å². The second-order valence-electron chi connectivity index (χ2n) is 5.61. The maximum absolute atomic E-state index is 13.6. The van der Waals surface area contributed by atoms with Crippen molar-refractivity contribution in [1.29, 1.82) is 0 Å². The van der Waals surface area contributed by atoms with Crippen LogP contribution in [0.5, 0.6) is 0 Å². The average Bonchev–Trinajstić information content (AvgIpc) is 2.78. The molecular formula is C14H14Cl2FN3. The van der Waals surface area contributed by atoms with Crippen LogP contribution in [-0.2, 0) is 12.5 Å². The molecule has 0 radical (unpaired) electrons. The highest BCUT2D eigenvalue weighted by Gasteiger charge is 2.48. The standard InChI is InChI=1S/C14H14Cl2FN3/c1-8-5-14(6-8,13-19-18-7-20(13)2)9-3-10(15)12(17)11(16)4-9/h3-4,7-8H,5-6H2,1-2H3. The molecule has 3 nitrogen and oxygen atoms in total. The first-order chi connectivity index (χ1) is 9.44. The first-order valence-electron chi connectivity index (χ1n) is 6.43. The zero-order valence-electron chi connectivity index (χ0n) is 11.2. The summed E-state index contributed by atoms with van der Waals surface area (Å²) >= 11 is 11.9. The molecule has 3 rings (SSSR count). The number of halogens is 3. The van der Waals surface area contributed by atoms with E-state index in [9.17, 15) is 4.39 Å². The minimum atomic E-state index is -0.572. The third kappa shape index (κ3) is 1.93. The monoisotopic (exact) mass is 313 g/mol. The summed E-state index contributed by atoms with van der Waals surface area (Å²) in [5, 5.41) is 8.29. The largest absolute Gasteiger partial charge is 0.320 e. The normalized spacial score (nSPS) is 25.6. The van der Waals surface area contributed by atoms with Crippen molar-refractivity contribution in [1.82, 2.24) is 14.8 Å². The fraction of sp³-hybridized carbons (Fsp3) is 0.429. The minimum absolute atomic E-state index is 0.0496. The summed E-state index contributed by atoms with van der Waals surface area (Å²) in [4.78, 5) is 0. The van der Waals surface area contributed by atoms with E-state index >= 15 is 0 Å². The lowest BCUT2D eigenvalue weighted by Gasteiger charge is -2.46. The first kappa shape index (κ1) is 13.8. The number of aryl methyl sites for hydroxylation is 1. The third-order valence-electron chi connectivity index (χ3n) is 4.07. The Labute approximate surface area is 126 Å². The Morgan fingerprint density at radius 3 is 2.35 bits per heavy atom. The predicted octanol–water partition coefficient (Wildman–Crippen LogP) is 3.98. The summed E-state index contributed by atoms with van der Waals surface area (Å²) in [5.74, 6) is 0.876. The number of rotatable bonds is 2. The second-order valence-corrected chi connectivity index (χ2v) is 6.43. The average molecular weight is 314 g/mol. The summed E-state index contributed by atoms with van der Waals surface area (Å²) < 4.78 is 15.5. The summed E-state index contributed by atoms with van der Waals surface area (Å²) in [6, 6.07) is 3.31. The van der Waals surface area contributed by atoms with Crippen LogP contribution < -0.4 is 0 Å². The van der Waals surface area contributed by atoms with Crippen molar-refractivity contribution in [3.63, 3.8) is 0 Å². The summed E-state index contributed by atoms with van der Waals surface area (Å²) in [5.41, 5.74) is 0.633. The van der Waals surface area contributed by atoms with Crippen LogP contribution in [0.1, 0.15) is 31.2 Å². The third-order valence-corrected chi connectivity index (χ3v) is 4.62. The molecule has 1 aliphatic carbocycles. The van der Waals surface area contributed by atoms with Gasteiger partial charge < -0.3 is 4.57 Å². The van der Waals surface area contributed by atoms with Gasteiger partial charge in [-0.3, -0.25) is 0 Å². The molecular weight excluding hydrogens is 300 g/mol. The number of hydrogen-bond acceptors (Lipinski definition) is 2. The Morgan fingerprint density at radius 1 is 1.30 bits per heavy atom. The number of aromatic nitrogens is 3. The SMILES string of the molecule is CC1CC(c2cc(Cl)c(F)c(Cl)c2)(c2nncn2C)C1. The van der Waals surface area contributed by atoms with Crippen molar-refractivity contribution in [3.05, 3.63) is 45.7 Å². The number of hydrogen-bond donors (Lipinski definition) is 0. The molecule has 1 heterocycles. The van der Waals surface area contributed by atoms with Crippen LogP contribution in [0.3, 0.4) is 0 Å². The van der Waals surface area contributed by atoms with Gasteiger partial charge in [-0.15, -0.1) is 10.2 Å². The fourth-order valence-electron chi connectivity index (χ4n) is 3.23. The van der Waals surface area contributed by atoms with Gasteiger partial charge in [-0.05, 0) is 36.5 Å². The highest BCUT2D eigenvalue weighted by molar-refractivity contribution is 6.35. The molecule has 6 heteroatoms. The fourth-order valence-corrected chi connectivity index (χ4v) is 3.71. The van der Waals surface area contributed by atoms with Crippen LogP contribution in [0.25, 0.3) is 0 Å². The molecule has 0 unspecified atom stereocenters. The molecule has 1 aliphatic rings. The predicted molar refractivity (Wildman–Crippen MR) is 76.6 cm³/mol. The maximum atomic E-state index is 13.6. The van der Waals surface area contributed by atoms with Gasteiger partial charge in [-0.2, -0.15) is 0 Å². The van der Waals surface area contributed by atoms with Crippen LogP contribution >= 0.6 is 23.2 Å². The van der Waals surface area contributed by atoms with Crippen molar-refractivity contribution in [2.75, 3.05) is 0 Å². The molecule has 0 amide bonds. The molecule has 1 saturated carbocycles. The lowest BCUT2D eigenvalue weighted by molar-refractivity contribution is 0.185. The van der Waals surface area contributed by atoms with Gasteiger partial charge >= 0.3 is 0 Å². The molecule has 106 valence electrons. The number of benzene rings is 1. The van der Waals surface area contributed by atoms with E-state index in [-0.39, 0.29) is 15.5 Å². The van der Waals surface area contributed by atoms with E-state index in [0.717, 1.165) is 24.2 Å². The van der Waals surface area contributed by atoms with Gasteiger partial charge in [-0.1, -0.05) is 30.1 Å². The summed E-state index contributed by atoms with van der Waals surface area (Å²) in [7, 11) is 1.91. The Bertz CT molecular complexity index is 639. The van der Waals surface area contributed by atoms with E-state index in [1.165, 1.54) is 0 Å². The van der Waals surface area contributed by atoms with Crippen LogP contribution in [0.15, 0.2) is 18.5 Å². The highest BCUT2D eigenvalue weighted by atomic mass is 35.5. The zero-order chi connectivity index (χ0) is 14.5. The Morgan fingerprint density at radius 2 is 1.90 bits per heavy atom. The molecule has 1 aromatic carbocycles. The molecule has 0 spiro atoms. The van der Waals surface area contributed by atoms with Crippen LogP contribution in [-0.4, -0.2) is 14.8 Å². The van der Waals surface area contributed by atoms with Gasteiger partial charge in [0.2, 0.25) is 0 Å². The van der Waals surface area contributed by atoms with Crippen LogP contribution in [0, 0.1) is 11.7 Å². The molecule has 0 N–H and O–H groups in total. The van der Waals surface area contributed by atoms with Crippen LogP contribution in [0.2, 0.25) is 10.0 Å². The van der Waals surface area contributed by atoms with Gasteiger partial charge in [0.1, 0.15) is 12.2 Å². The van der Waals surface area contributed by atoms with E-state index in [2.05, 4.69) is 17.1 Å². The van der Waals surface area contributed by atoms with Crippen LogP contribution in [0.4, 0.5) is 4.39 Å². The zero-order valence-corrected chi connectivity index (χ0v) is 12.7. The maximum Gasteiger partial charge on any atom is 0.160 e. The quantitative estimate of drug-likeness (QED) is 0.785. The van der Waals surface area contributed by atoms with Crippen molar-refractivity contribution in [2.24, 2.45) is 13.0 Å². The Balaban J connectivity index is 2.16. The topological polar surface area (TPSA) is 30.7 Å². The minimum Gasteiger partial charge on any atom is -0.320 e. The molecule has 1 fully saturated rings. The smallest absolute Gasteiger partial charge is 0.160 e. The molecule has 0 saturated heterocycles. The summed E-state index contributed by atoms with van der Waals surface area (Å²) in [6.07, 6.45) is 3.53. The number of nitrogens with zero attached hydrogens (tertiary/aromatic N) is 3. The van der Waals surface area contributed by atoms with E-state index in [1.807, 2.05) is 11.6 Å². The first-order valence-corrected chi connectivity index (χ1v) is 7.19. The molecule has 2 aromatic rings. The van der Waals surface area contributed by atoms with Crippen molar-refractivity contribution >= 4 is 23.2 Å². The molecule has 20 heavy (non-hydrogen) atoms. The van der Waals surface area contributed by atoms with Gasteiger partial charge in [0, 0.05) is 7.05 Å².